The Kier molecular flexibility index (Phi) is 10.3. The van der Waals surface area contributed by atoms with Crippen molar-refractivity contribution < 1.29 is 41.6 Å². The van der Waals surface area contributed by atoms with Crippen LogP contribution in [0.3, 0.4) is 0 Å². The van der Waals surface area contributed by atoms with E-state index in [1.54, 1.807) is 6.07 Å². The van der Waals surface area contributed by atoms with E-state index in [1.807, 2.05) is 43.3 Å². The third-order valence-electron chi connectivity index (χ3n) is 6.86. The molecule has 1 aliphatic rings. The van der Waals surface area contributed by atoms with Crippen LogP contribution in [0.25, 0.3) is 11.1 Å². The fourth-order valence-electron chi connectivity index (χ4n) is 5.04. The average Bonchev–Trinajstić information content (AvgIpc) is 3.52. The number of benzene rings is 3. The molecule has 0 amide bonds. The summed E-state index contributed by atoms with van der Waals surface area (Å²) < 4.78 is 62.9. The second-order valence-electron chi connectivity index (χ2n) is 10.00. The van der Waals surface area contributed by atoms with E-state index < -0.39 is 21.4 Å². The maximum absolute atomic E-state index is 13.7. The molecule has 1 aliphatic heterocycles. The van der Waals surface area contributed by atoms with Gasteiger partial charge in [-0.3, -0.25) is 4.79 Å². The molecule has 0 bridgehead atoms. The smallest absolute Gasteiger partial charge is 0.203 e. The first kappa shape index (κ1) is 31.2. The summed E-state index contributed by atoms with van der Waals surface area (Å²) in [5.74, 6) is 0.279. The van der Waals surface area contributed by atoms with E-state index in [-0.39, 0.29) is 35.7 Å². The van der Waals surface area contributed by atoms with Crippen LogP contribution in [-0.2, 0) is 26.0 Å². The van der Waals surface area contributed by atoms with Crippen LogP contribution in [0.4, 0.5) is 0 Å². The van der Waals surface area contributed by atoms with E-state index in [4.69, 9.17) is 28.4 Å². The van der Waals surface area contributed by atoms with Gasteiger partial charge >= 0.3 is 0 Å². The quantitative estimate of drug-likeness (QED) is 0.222. The minimum absolute atomic E-state index is 0.0656. The molecule has 0 N–H and O–H groups in total. The summed E-state index contributed by atoms with van der Waals surface area (Å²) in [7, 11) is 0.442. The maximum Gasteiger partial charge on any atom is 0.203 e. The summed E-state index contributed by atoms with van der Waals surface area (Å²) in [6.07, 6.45) is 1.99. The Labute approximate surface area is 247 Å². The summed E-state index contributed by atoms with van der Waals surface area (Å²) in [5, 5.41) is 0. The Morgan fingerprint density at radius 2 is 1.67 bits per heavy atom. The lowest BCUT2D eigenvalue weighted by molar-refractivity contribution is -0.114. The van der Waals surface area contributed by atoms with Gasteiger partial charge in [0.1, 0.15) is 23.0 Å². The third kappa shape index (κ3) is 6.82. The van der Waals surface area contributed by atoms with Crippen LogP contribution in [0.5, 0.6) is 28.7 Å². The minimum Gasteiger partial charge on any atom is -0.493 e. The molecule has 0 saturated carbocycles. The van der Waals surface area contributed by atoms with Crippen molar-refractivity contribution in [2.24, 2.45) is 0 Å². The lowest BCUT2D eigenvalue weighted by atomic mass is 9.92. The summed E-state index contributed by atoms with van der Waals surface area (Å²) in [5.41, 5.74) is 2.70. The van der Waals surface area contributed by atoms with Gasteiger partial charge in [-0.2, -0.15) is 0 Å². The molecule has 1 unspecified atom stereocenters. The molecular formula is C32H38O9S. The molecule has 3 aromatic carbocycles. The average molecular weight is 599 g/mol. The van der Waals surface area contributed by atoms with Crippen LogP contribution in [0.15, 0.2) is 53.4 Å². The third-order valence-corrected chi connectivity index (χ3v) is 8.62. The molecule has 9 nitrogen and oxygen atoms in total. The van der Waals surface area contributed by atoms with Gasteiger partial charge in [-0.25, -0.2) is 8.42 Å². The van der Waals surface area contributed by atoms with E-state index in [1.165, 1.54) is 34.3 Å². The number of ether oxygens (including phenoxy) is 6. The van der Waals surface area contributed by atoms with Crippen molar-refractivity contribution in [3.63, 3.8) is 0 Å². The van der Waals surface area contributed by atoms with Crippen molar-refractivity contribution >= 4 is 15.6 Å². The number of ketones is 1. The first-order valence-electron chi connectivity index (χ1n) is 13.9. The SMILES string of the molecule is CCCOc1c(OCc2ccccc2)cc(-c2c(C3CCCO3)cc(OC)c(OC)c2OC)cc1S(=O)(=O)CC(C)=O. The van der Waals surface area contributed by atoms with Gasteiger partial charge in [-0.1, -0.05) is 37.3 Å². The summed E-state index contributed by atoms with van der Waals surface area (Å²) in [4.78, 5) is 11.9. The first-order valence-corrected chi connectivity index (χ1v) is 15.5. The molecule has 1 fully saturated rings. The molecule has 42 heavy (non-hydrogen) atoms. The summed E-state index contributed by atoms with van der Waals surface area (Å²) in [6.45, 7) is 4.18. The van der Waals surface area contributed by atoms with Gasteiger partial charge < -0.3 is 28.4 Å². The number of sulfone groups is 1. The van der Waals surface area contributed by atoms with Gasteiger partial charge in [0.25, 0.3) is 0 Å². The van der Waals surface area contributed by atoms with Gasteiger partial charge in [0.05, 0.1) is 34.0 Å². The maximum atomic E-state index is 13.7. The summed E-state index contributed by atoms with van der Waals surface area (Å²) in [6, 6.07) is 14.6. The van der Waals surface area contributed by atoms with Crippen LogP contribution in [0, 0.1) is 0 Å². The van der Waals surface area contributed by atoms with Gasteiger partial charge in [0, 0.05) is 12.2 Å². The topological polar surface area (TPSA) is 107 Å². The van der Waals surface area contributed by atoms with Crippen LogP contribution in [0.1, 0.15) is 50.3 Å². The summed E-state index contributed by atoms with van der Waals surface area (Å²) >= 11 is 0. The lowest BCUT2D eigenvalue weighted by Gasteiger charge is -2.24. The molecule has 0 radical (unpaired) electrons. The zero-order chi connectivity index (χ0) is 30.3. The highest BCUT2D eigenvalue weighted by atomic mass is 32.2. The van der Waals surface area contributed by atoms with Crippen LogP contribution in [0.2, 0.25) is 0 Å². The highest BCUT2D eigenvalue weighted by molar-refractivity contribution is 7.92. The highest BCUT2D eigenvalue weighted by Crippen LogP contribution is 2.52. The zero-order valence-electron chi connectivity index (χ0n) is 24.7. The fraction of sp³-hybridized carbons (Fsp3) is 0.406. The highest BCUT2D eigenvalue weighted by Gasteiger charge is 2.32. The minimum atomic E-state index is -4.12. The van der Waals surface area contributed by atoms with Gasteiger partial charge in [0.15, 0.2) is 32.8 Å². The largest absolute Gasteiger partial charge is 0.493 e. The number of hydrogen-bond acceptors (Lipinski definition) is 9. The van der Waals surface area contributed by atoms with Crippen molar-refractivity contribution in [2.75, 3.05) is 40.3 Å². The Morgan fingerprint density at radius 1 is 0.929 bits per heavy atom. The van der Waals surface area contributed by atoms with Crippen LogP contribution < -0.4 is 23.7 Å². The Hall–Kier alpha value is -3.76. The Bertz CT molecular complexity index is 1490. The predicted octanol–water partition coefficient (Wildman–Crippen LogP) is 5.96. The van der Waals surface area contributed by atoms with E-state index in [0.717, 1.165) is 24.0 Å². The number of carbonyl (C=O) groups is 1. The molecular weight excluding hydrogens is 560 g/mol. The molecule has 1 heterocycles. The fourth-order valence-corrected chi connectivity index (χ4v) is 6.48. The number of carbonyl (C=O) groups excluding carboxylic acids is 1. The zero-order valence-corrected chi connectivity index (χ0v) is 25.5. The molecule has 3 aromatic rings. The molecule has 0 aliphatic carbocycles. The normalized spacial score (nSPS) is 14.8. The number of Topliss-reactive ketones (excluding diaryl/α,β-unsaturated/α-hetero) is 1. The van der Waals surface area contributed by atoms with Crippen molar-refractivity contribution in [1.82, 2.24) is 0 Å². The number of methoxy groups -OCH3 is 3. The van der Waals surface area contributed by atoms with E-state index in [2.05, 4.69) is 0 Å². The van der Waals surface area contributed by atoms with Gasteiger partial charge in [-0.15, -0.1) is 0 Å². The van der Waals surface area contributed by atoms with Crippen LogP contribution in [-0.4, -0.2) is 54.5 Å². The van der Waals surface area contributed by atoms with E-state index >= 15 is 0 Å². The second-order valence-corrected chi connectivity index (χ2v) is 12.0. The van der Waals surface area contributed by atoms with Crippen molar-refractivity contribution in [2.45, 2.75) is 50.7 Å². The molecule has 1 atom stereocenters. The first-order chi connectivity index (χ1) is 20.2. The molecule has 10 heteroatoms. The van der Waals surface area contributed by atoms with Crippen molar-refractivity contribution in [3.05, 3.63) is 59.7 Å². The number of hydrogen-bond donors (Lipinski definition) is 0. The molecule has 4 rings (SSSR count). The molecule has 0 spiro atoms. The Morgan fingerprint density at radius 3 is 2.26 bits per heavy atom. The van der Waals surface area contributed by atoms with Crippen molar-refractivity contribution in [3.8, 4) is 39.9 Å². The monoisotopic (exact) mass is 598 g/mol. The van der Waals surface area contributed by atoms with E-state index in [0.29, 0.717) is 41.4 Å². The lowest BCUT2D eigenvalue weighted by Crippen LogP contribution is -2.16. The molecule has 0 aromatic heterocycles. The Balaban J connectivity index is 2.04. The molecule has 226 valence electrons. The standard InChI is InChI=1S/C32H38O9S/c1-6-14-40-30-27(41-19-22-11-8-7-9-12-22)16-23(17-28(30)42(34,35)20-21(2)33)29-24(25-13-10-15-39-25)18-26(36-3)31(37-4)32(29)38-5/h7-9,11-12,16-18,25H,6,10,13-15,19-20H2,1-5H3. The number of rotatable bonds is 14. The van der Waals surface area contributed by atoms with Crippen LogP contribution >= 0.6 is 0 Å². The van der Waals surface area contributed by atoms with E-state index in [9.17, 15) is 13.2 Å². The predicted molar refractivity (Wildman–Crippen MR) is 159 cm³/mol. The molecule has 1 saturated heterocycles. The van der Waals surface area contributed by atoms with Gasteiger partial charge in [-0.05, 0) is 61.1 Å². The van der Waals surface area contributed by atoms with Gasteiger partial charge in [0.2, 0.25) is 5.75 Å². The second kappa shape index (κ2) is 13.9. The van der Waals surface area contributed by atoms with Crippen molar-refractivity contribution in [1.29, 1.82) is 0 Å².